The first-order valence-corrected chi connectivity index (χ1v) is 4.08. The lowest BCUT2D eigenvalue weighted by Gasteiger charge is -2.06. The molecule has 0 fully saturated rings. The molecule has 7 nitrogen and oxygen atoms in total. The third-order valence-electron chi connectivity index (χ3n) is 1.64. The van der Waals surface area contributed by atoms with Gasteiger partial charge in [0.15, 0.2) is 11.7 Å². The number of rotatable bonds is 4. The number of para-hydroxylation sites is 1. The summed E-state index contributed by atoms with van der Waals surface area (Å²) < 4.78 is 17.9. The second kappa shape index (κ2) is 4.91. The van der Waals surface area contributed by atoms with Crippen LogP contribution in [0.15, 0.2) is 23.4 Å². The van der Waals surface area contributed by atoms with Crippen LogP contribution in [0.1, 0.15) is 0 Å². The predicted octanol–water partition coefficient (Wildman–Crippen LogP) is 0.859. The summed E-state index contributed by atoms with van der Waals surface area (Å²) in [6.45, 7) is -0.446. The Labute approximate surface area is 89.1 Å². The van der Waals surface area contributed by atoms with Crippen LogP contribution >= 0.6 is 0 Å². The van der Waals surface area contributed by atoms with Crippen LogP contribution in [0.5, 0.6) is 5.75 Å². The highest BCUT2D eigenvalue weighted by Gasteiger charge is 2.19. The lowest BCUT2D eigenvalue weighted by molar-refractivity contribution is -0.386. The fraction of sp³-hybridized carbons (Fsp3) is 0.125. The van der Waals surface area contributed by atoms with Gasteiger partial charge in [-0.2, -0.15) is 0 Å². The summed E-state index contributed by atoms with van der Waals surface area (Å²) in [5.74, 6) is -1.75. The summed E-state index contributed by atoms with van der Waals surface area (Å²) in [5, 5.41) is 21.3. The fourth-order valence-corrected chi connectivity index (χ4v) is 0.959. The maximum atomic E-state index is 13.2. The summed E-state index contributed by atoms with van der Waals surface area (Å²) in [5.41, 5.74) is 4.56. The quantitative estimate of drug-likeness (QED) is 0.261. The zero-order valence-electron chi connectivity index (χ0n) is 7.96. The van der Waals surface area contributed by atoms with Crippen molar-refractivity contribution in [1.29, 1.82) is 0 Å². The summed E-state index contributed by atoms with van der Waals surface area (Å²) in [6, 6.07) is 3.28. The van der Waals surface area contributed by atoms with Gasteiger partial charge in [-0.3, -0.25) is 10.1 Å². The summed E-state index contributed by atoms with van der Waals surface area (Å²) in [4.78, 5) is 9.75. The molecule has 86 valence electrons. The molecule has 0 radical (unpaired) electrons. The molecule has 8 heteroatoms. The Balaban J connectivity index is 2.97. The highest BCUT2D eigenvalue weighted by atomic mass is 19.1. The van der Waals surface area contributed by atoms with Crippen LogP contribution in [0.3, 0.4) is 0 Å². The number of ether oxygens (including phenoxy) is 1. The molecular formula is C8H8FN3O4. The van der Waals surface area contributed by atoms with Gasteiger partial charge in [-0.25, -0.2) is 4.39 Å². The van der Waals surface area contributed by atoms with Gasteiger partial charge < -0.3 is 15.7 Å². The van der Waals surface area contributed by atoms with E-state index in [0.717, 1.165) is 12.1 Å². The maximum Gasteiger partial charge on any atom is 0.314 e. The van der Waals surface area contributed by atoms with Gasteiger partial charge >= 0.3 is 5.69 Å². The standard InChI is InChI=1S/C8H8FN3O4/c9-5-2-1-3-6(12(14)15)8(5)16-4-7(10)11-13/h1-3,13H,4H2,(H2,10,11). The van der Waals surface area contributed by atoms with Crippen LogP contribution in [0, 0.1) is 15.9 Å². The second-order valence-electron chi connectivity index (χ2n) is 2.73. The minimum Gasteiger partial charge on any atom is -0.477 e. The number of nitrogens with two attached hydrogens (primary N) is 1. The molecule has 16 heavy (non-hydrogen) atoms. The number of nitro benzene ring substituents is 1. The van der Waals surface area contributed by atoms with Crippen molar-refractivity contribution in [3.63, 3.8) is 0 Å². The molecule has 0 saturated heterocycles. The molecule has 0 saturated carbocycles. The van der Waals surface area contributed by atoms with Crippen molar-refractivity contribution in [2.45, 2.75) is 0 Å². The van der Waals surface area contributed by atoms with E-state index >= 15 is 0 Å². The van der Waals surface area contributed by atoms with Crippen LogP contribution in [-0.2, 0) is 0 Å². The van der Waals surface area contributed by atoms with E-state index in [2.05, 4.69) is 5.16 Å². The molecule has 1 rings (SSSR count). The van der Waals surface area contributed by atoms with Crippen LogP contribution in [0.4, 0.5) is 10.1 Å². The lowest BCUT2D eigenvalue weighted by atomic mass is 10.3. The van der Waals surface area contributed by atoms with E-state index in [1.54, 1.807) is 0 Å². The topological polar surface area (TPSA) is 111 Å². The van der Waals surface area contributed by atoms with Crippen molar-refractivity contribution in [2.24, 2.45) is 10.9 Å². The van der Waals surface area contributed by atoms with Gasteiger partial charge in [-0.05, 0) is 6.07 Å². The lowest BCUT2D eigenvalue weighted by Crippen LogP contribution is -2.21. The molecule has 1 aromatic carbocycles. The first kappa shape index (κ1) is 11.7. The maximum absolute atomic E-state index is 13.2. The largest absolute Gasteiger partial charge is 0.477 e. The molecule has 1 aromatic rings. The van der Waals surface area contributed by atoms with Crippen molar-refractivity contribution in [2.75, 3.05) is 6.61 Å². The number of amidine groups is 1. The highest BCUT2D eigenvalue weighted by Crippen LogP contribution is 2.29. The zero-order chi connectivity index (χ0) is 12.1. The van der Waals surface area contributed by atoms with E-state index < -0.39 is 28.8 Å². The van der Waals surface area contributed by atoms with Crippen LogP contribution < -0.4 is 10.5 Å². The van der Waals surface area contributed by atoms with Gasteiger partial charge in [0.2, 0.25) is 5.75 Å². The van der Waals surface area contributed by atoms with Crippen molar-refractivity contribution in [3.05, 3.63) is 34.1 Å². The van der Waals surface area contributed by atoms with E-state index in [-0.39, 0.29) is 5.84 Å². The van der Waals surface area contributed by atoms with Gasteiger partial charge in [0.1, 0.15) is 6.61 Å². The molecule has 0 unspecified atom stereocenters. The van der Waals surface area contributed by atoms with Crippen molar-refractivity contribution >= 4 is 11.5 Å². The molecule has 0 atom stereocenters. The zero-order valence-corrected chi connectivity index (χ0v) is 7.96. The van der Waals surface area contributed by atoms with Crippen molar-refractivity contribution < 1.29 is 19.3 Å². The molecule has 0 amide bonds. The van der Waals surface area contributed by atoms with Gasteiger partial charge in [-0.15, -0.1) is 0 Å². The van der Waals surface area contributed by atoms with Gasteiger partial charge in [-0.1, -0.05) is 11.2 Å². The average molecular weight is 229 g/mol. The molecule has 0 heterocycles. The summed E-state index contributed by atoms with van der Waals surface area (Å²) in [6.07, 6.45) is 0. The molecule has 0 bridgehead atoms. The van der Waals surface area contributed by atoms with Gasteiger partial charge in [0.25, 0.3) is 0 Å². The first-order chi connectivity index (χ1) is 7.56. The van der Waals surface area contributed by atoms with Crippen LogP contribution in [0.2, 0.25) is 0 Å². The number of hydrogen-bond donors (Lipinski definition) is 2. The molecule has 0 aliphatic carbocycles. The summed E-state index contributed by atoms with van der Waals surface area (Å²) >= 11 is 0. The number of hydrogen-bond acceptors (Lipinski definition) is 5. The van der Waals surface area contributed by atoms with E-state index in [0.29, 0.717) is 0 Å². The number of halogens is 1. The third-order valence-corrected chi connectivity index (χ3v) is 1.64. The first-order valence-electron chi connectivity index (χ1n) is 4.08. The van der Waals surface area contributed by atoms with Crippen LogP contribution in [-0.4, -0.2) is 22.6 Å². The SMILES string of the molecule is N/C(COc1c(F)cccc1[N+](=O)[O-])=N/O. The Morgan fingerprint density at radius 3 is 2.94 bits per heavy atom. The molecule has 0 aromatic heterocycles. The summed E-state index contributed by atoms with van der Waals surface area (Å²) in [7, 11) is 0. The Kier molecular flexibility index (Phi) is 3.59. The Morgan fingerprint density at radius 1 is 1.69 bits per heavy atom. The van der Waals surface area contributed by atoms with Crippen molar-refractivity contribution in [1.82, 2.24) is 0 Å². The highest BCUT2D eigenvalue weighted by molar-refractivity contribution is 5.81. The molecule has 0 spiro atoms. The number of oxime groups is 1. The number of nitro groups is 1. The van der Waals surface area contributed by atoms with E-state index in [1.807, 2.05) is 0 Å². The second-order valence-corrected chi connectivity index (χ2v) is 2.73. The third kappa shape index (κ3) is 2.56. The number of benzene rings is 1. The van der Waals surface area contributed by atoms with Crippen LogP contribution in [0.25, 0.3) is 0 Å². The molecule has 0 aliphatic heterocycles. The fourth-order valence-electron chi connectivity index (χ4n) is 0.959. The van der Waals surface area contributed by atoms with E-state index in [9.17, 15) is 14.5 Å². The monoisotopic (exact) mass is 229 g/mol. The van der Waals surface area contributed by atoms with Gasteiger partial charge in [0.05, 0.1) is 4.92 Å². The number of nitrogens with zero attached hydrogens (tertiary/aromatic N) is 2. The van der Waals surface area contributed by atoms with Crippen molar-refractivity contribution in [3.8, 4) is 5.75 Å². The predicted molar refractivity (Wildman–Crippen MR) is 52.0 cm³/mol. The Morgan fingerprint density at radius 2 is 2.38 bits per heavy atom. The minimum absolute atomic E-state index is 0.322. The Hall–Kier alpha value is -2.38. The molecule has 3 N–H and O–H groups in total. The van der Waals surface area contributed by atoms with Gasteiger partial charge in [0, 0.05) is 6.07 Å². The van der Waals surface area contributed by atoms with E-state index in [1.165, 1.54) is 6.07 Å². The molecule has 0 aliphatic rings. The normalized spacial score (nSPS) is 11.2. The van der Waals surface area contributed by atoms with E-state index in [4.69, 9.17) is 15.7 Å². The Bertz CT molecular complexity index is 435. The smallest absolute Gasteiger partial charge is 0.314 e. The minimum atomic E-state index is -0.889. The average Bonchev–Trinajstić information content (AvgIpc) is 2.26. The molecular weight excluding hydrogens is 221 g/mol.